The number of hydrogen-bond acceptors (Lipinski definition) is 8. The van der Waals surface area contributed by atoms with Gasteiger partial charge in [0, 0.05) is 12.5 Å². The second-order valence-corrected chi connectivity index (χ2v) is 15.5. The lowest BCUT2D eigenvalue weighted by molar-refractivity contribution is -0.131. The van der Waals surface area contributed by atoms with Crippen molar-refractivity contribution in [2.45, 2.75) is 143 Å². The summed E-state index contributed by atoms with van der Waals surface area (Å²) >= 11 is 1.55. The zero-order chi connectivity index (χ0) is 34.5. The Hall–Kier alpha value is -2.05. The average Bonchev–Trinajstić information content (AvgIpc) is 3.44. The van der Waals surface area contributed by atoms with E-state index in [-0.39, 0.29) is 42.2 Å². The van der Waals surface area contributed by atoms with Crippen LogP contribution in [0, 0.1) is 23.7 Å². The number of rotatable bonds is 18. The molecule has 0 aliphatic carbocycles. The molecule has 12 heteroatoms. The summed E-state index contributed by atoms with van der Waals surface area (Å²) in [6, 6.07) is -2.52. The monoisotopic (exact) mass is 658 g/mol. The summed E-state index contributed by atoms with van der Waals surface area (Å²) < 4.78 is 11.2. The molecule has 1 unspecified atom stereocenters. The van der Waals surface area contributed by atoms with Crippen LogP contribution in [-0.4, -0.2) is 89.5 Å². The third kappa shape index (κ3) is 15.4. The number of carbonyl (C=O) groups excluding carboxylic acids is 4. The number of amides is 4. The van der Waals surface area contributed by atoms with E-state index >= 15 is 0 Å². The Morgan fingerprint density at radius 1 is 0.889 bits per heavy atom. The van der Waals surface area contributed by atoms with E-state index in [9.17, 15) is 24.3 Å². The average molecular weight is 659 g/mol. The summed E-state index contributed by atoms with van der Waals surface area (Å²) in [5.41, 5.74) is -0.728. The van der Waals surface area contributed by atoms with Crippen molar-refractivity contribution in [1.29, 1.82) is 0 Å². The fourth-order valence-corrected chi connectivity index (χ4v) is 5.83. The van der Waals surface area contributed by atoms with Crippen LogP contribution in [0.1, 0.15) is 101 Å². The van der Waals surface area contributed by atoms with Crippen LogP contribution in [0.15, 0.2) is 0 Å². The molecule has 5 N–H and O–H groups in total. The second kappa shape index (κ2) is 19.6. The molecule has 0 aromatic heterocycles. The normalized spacial score (nSPS) is 19.4. The first-order valence-corrected chi connectivity index (χ1v) is 17.9. The highest BCUT2D eigenvalue weighted by Gasteiger charge is 2.34. The molecule has 1 saturated heterocycles. The molecule has 4 amide bonds. The highest BCUT2D eigenvalue weighted by atomic mass is 32.2. The van der Waals surface area contributed by atoms with Crippen LogP contribution >= 0.6 is 11.8 Å². The van der Waals surface area contributed by atoms with E-state index in [1.165, 1.54) is 0 Å². The fraction of sp³-hybridized carbons (Fsp3) is 0.879. The van der Waals surface area contributed by atoms with Crippen molar-refractivity contribution < 1.29 is 33.8 Å². The van der Waals surface area contributed by atoms with E-state index in [0.29, 0.717) is 25.2 Å². The number of hydrogen-bond donors (Lipinski definition) is 5. The molecule has 0 radical (unpaired) electrons. The van der Waals surface area contributed by atoms with E-state index in [1.807, 2.05) is 20.1 Å². The lowest BCUT2D eigenvalue weighted by atomic mass is 9.91. The molecule has 0 aromatic carbocycles. The van der Waals surface area contributed by atoms with E-state index < -0.39 is 53.7 Å². The minimum atomic E-state index is -0.980. The molecule has 0 bridgehead atoms. The molecular weight excluding hydrogens is 596 g/mol. The molecular formula is C33H62N4O7S. The van der Waals surface area contributed by atoms with Crippen molar-refractivity contribution in [2.75, 3.05) is 18.6 Å². The predicted octanol–water partition coefficient (Wildman–Crippen LogP) is 4.01. The lowest BCUT2D eigenvalue weighted by Crippen LogP contribution is -2.58. The van der Waals surface area contributed by atoms with E-state index in [1.54, 1.807) is 53.3 Å². The Kier molecular flexibility index (Phi) is 17.8. The van der Waals surface area contributed by atoms with Crippen molar-refractivity contribution in [3.05, 3.63) is 0 Å². The van der Waals surface area contributed by atoms with Gasteiger partial charge in [0.1, 0.15) is 17.7 Å². The van der Waals surface area contributed by atoms with Gasteiger partial charge in [-0.3, -0.25) is 14.4 Å². The number of ether oxygens (including phenoxy) is 2. The minimum absolute atomic E-state index is 0.0119. The van der Waals surface area contributed by atoms with Gasteiger partial charge in [0.2, 0.25) is 17.7 Å². The van der Waals surface area contributed by atoms with Gasteiger partial charge in [-0.2, -0.15) is 11.8 Å². The number of aliphatic hydroxyl groups is 1. The first-order valence-electron chi connectivity index (χ1n) is 16.5. The van der Waals surface area contributed by atoms with Gasteiger partial charge < -0.3 is 35.8 Å². The van der Waals surface area contributed by atoms with E-state index in [0.717, 1.165) is 12.8 Å². The van der Waals surface area contributed by atoms with Crippen molar-refractivity contribution in [2.24, 2.45) is 23.7 Å². The maximum atomic E-state index is 13.6. The Labute approximate surface area is 275 Å². The van der Waals surface area contributed by atoms with Gasteiger partial charge in [-0.05, 0) is 82.6 Å². The second-order valence-electron chi connectivity index (χ2n) is 14.5. The molecule has 262 valence electrons. The van der Waals surface area contributed by atoms with Crippen molar-refractivity contribution in [3.8, 4) is 0 Å². The van der Waals surface area contributed by atoms with Crippen LogP contribution in [0.25, 0.3) is 0 Å². The smallest absolute Gasteiger partial charge is 0.408 e. The van der Waals surface area contributed by atoms with Gasteiger partial charge in [0.05, 0.1) is 24.3 Å². The Morgan fingerprint density at radius 3 is 2.02 bits per heavy atom. The van der Waals surface area contributed by atoms with Crippen LogP contribution in [0.3, 0.4) is 0 Å². The van der Waals surface area contributed by atoms with Crippen LogP contribution in [0.4, 0.5) is 4.79 Å². The molecule has 0 saturated carbocycles. The lowest BCUT2D eigenvalue weighted by Gasteiger charge is -2.32. The molecule has 1 fully saturated rings. The number of thioether (sulfide) groups is 1. The minimum Gasteiger partial charge on any atom is -0.444 e. The summed E-state index contributed by atoms with van der Waals surface area (Å²) in [6.45, 7) is 19.4. The van der Waals surface area contributed by atoms with Crippen LogP contribution in [0.2, 0.25) is 0 Å². The Balaban J connectivity index is 3.00. The molecule has 1 rings (SSSR count). The van der Waals surface area contributed by atoms with E-state index in [2.05, 4.69) is 35.1 Å². The highest BCUT2D eigenvalue weighted by molar-refractivity contribution is 7.98. The first kappa shape index (κ1) is 41.0. The highest BCUT2D eigenvalue weighted by Crippen LogP contribution is 2.22. The molecule has 45 heavy (non-hydrogen) atoms. The molecule has 1 heterocycles. The topological polar surface area (TPSA) is 155 Å². The van der Waals surface area contributed by atoms with Crippen molar-refractivity contribution in [1.82, 2.24) is 21.3 Å². The van der Waals surface area contributed by atoms with Gasteiger partial charge in [0.15, 0.2) is 0 Å². The molecule has 1 aliphatic rings. The van der Waals surface area contributed by atoms with Gasteiger partial charge in [-0.25, -0.2) is 4.79 Å². The van der Waals surface area contributed by atoms with Crippen molar-refractivity contribution >= 4 is 35.6 Å². The Morgan fingerprint density at radius 2 is 1.53 bits per heavy atom. The summed E-state index contributed by atoms with van der Waals surface area (Å²) in [5, 5.41) is 22.9. The number of alkyl carbamates (subject to hydrolysis) is 1. The quantitative estimate of drug-likeness (QED) is 0.148. The zero-order valence-electron chi connectivity index (χ0n) is 29.5. The molecule has 0 aromatic rings. The van der Waals surface area contributed by atoms with Crippen LogP contribution in [-0.2, 0) is 23.9 Å². The van der Waals surface area contributed by atoms with Crippen molar-refractivity contribution in [3.63, 3.8) is 0 Å². The predicted molar refractivity (Wildman–Crippen MR) is 180 cm³/mol. The maximum absolute atomic E-state index is 13.6. The number of carbonyl (C=O) groups is 4. The third-order valence-corrected chi connectivity index (χ3v) is 8.46. The molecule has 7 atom stereocenters. The molecule has 0 spiro atoms. The first-order chi connectivity index (χ1) is 20.9. The summed E-state index contributed by atoms with van der Waals surface area (Å²) in [6.07, 6.45) is 3.11. The summed E-state index contributed by atoms with van der Waals surface area (Å²) in [5.74, 6) is -0.855. The van der Waals surface area contributed by atoms with Crippen LogP contribution in [0.5, 0.6) is 0 Å². The largest absolute Gasteiger partial charge is 0.444 e. The maximum Gasteiger partial charge on any atom is 0.408 e. The van der Waals surface area contributed by atoms with Gasteiger partial charge in [-0.1, -0.05) is 48.5 Å². The SMILES string of the molecule is CSCC[C@H](NC(=O)[C@@H](NC(=O)OC(C)(C)C)C(C)C)C(=O)N[C@@H](CC(C)C)[C@@H](O)C[C@@H](C)C(=O)N[C@@H](C(C)C)C1CCCO1. The van der Waals surface area contributed by atoms with Crippen LogP contribution < -0.4 is 21.3 Å². The standard InChI is InChI=1S/C33H62N4O7S/c1-19(2)17-24(25(38)18-22(7)29(39)36-27(20(3)4)26-13-12-15-43-26)35-30(40)23(14-16-45-11)34-31(41)28(21(5)6)37-32(42)44-33(8,9)10/h19-28,38H,12-18H2,1-11H3,(H,34,41)(H,35,40)(H,36,39)(H,37,42)/t22-,23+,24+,25+,26?,27+,28+/m1/s1. The molecule has 11 nitrogen and oxygen atoms in total. The zero-order valence-corrected chi connectivity index (χ0v) is 30.3. The Bertz CT molecular complexity index is 935. The summed E-state index contributed by atoms with van der Waals surface area (Å²) in [7, 11) is 0. The third-order valence-electron chi connectivity index (χ3n) is 7.82. The number of nitrogens with one attached hydrogen (secondary N) is 4. The summed E-state index contributed by atoms with van der Waals surface area (Å²) in [4.78, 5) is 52.6. The van der Waals surface area contributed by atoms with Gasteiger partial charge in [0.25, 0.3) is 0 Å². The molecule has 1 aliphatic heterocycles. The van der Waals surface area contributed by atoms with Gasteiger partial charge in [-0.15, -0.1) is 0 Å². The number of aliphatic hydroxyl groups excluding tert-OH is 1. The van der Waals surface area contributed by atoms with Gasteiger partial charge >= 0.3 is 6.09 Å². The fourth-order valence-electron chi connectivity index (χ4n) is 5.35. The van der Waals surface area contributed by atoms with E-state index in [4.69, 9.17) is 9.47 Å².